The Morgan fingerprint density at radius 3 is 2.68 bits per heavy atom. The summed E-state index contributed by atoms with van der Waals surface area (Å²) < 4.78 is 3.99. The quantitative estimate of drug-likeness (QED) is 0.718. The van der Waals surface area contributed by atoms with E-state index in [9.17, 15) is 4.79 Å². The van der Waals surface area contributed by atoms with Gasteiger partial charge in [0, 0.05) is 43.8 Å². The van der Waals surface area contributed by atoms with E-state index in [2.05, 4.69) is 32.0 Å². The summed E-state index contributed by atoms with van der Waals surface area (Å²) in [5, 5.41) is 2.97. The number of carbonyl (C=O) groups excluding carboxylic acids is 1. The van der Waals surface area contributed by atoms with Crippen LogP contribution in [-0.2, 0) is 24.3 Å². The lowest BCUT2D eigenvalue weighted by atomic mass is 10.1. The molecule has 3 aromatic rings. The van der Waals surface area contributed by atoms with Gasteiger partial charge in [-0.1, -0.05) is 30.3 Å². The molecule has 0 radical (unpaired) electrons. The molecule has 0 aliphatic carbocycles. The van der Waals surface area contributed by atoms with Gasteiger partial charge in [-0.15, -0.1) is 0 Å². The van der Waals surface area contributed by atoms with E-state index in [4.69, 9.17) is 0 Å². The molecule has 6 heteroatoms. The van der Waals surface area contributed by atoms with Crippen molar-refractivity contribution in [2.45, 2.75) is 33.4 Å². The van der Waals surface area contributed by atoms with Crippen LogP contribution in [0.1, 0.15) is 22.9 Å². The molecule has 25 heavy (non-hydrogen) atoms. The van der Waals surface area contributed by atoms with Crippen LogP contribution in [0.5, 0.6) is 0 Å². The highest BCUT2D eigenvalue weighted by Crippen LogP contribution is 2.10. The molecule has 1 amide bonds. The summed E-state index contributed by atoms with van der Waals surface area (Å²) in [5.41, 5.74) is 2.33. The van der Waals surface area contributed by atoms with E-state index in [1.807, 2.05) is 49.0 Å². The predicted octanol–water partition coefficient (Wildman–Crippen LogP) is 2.10. The molecule has 0 saturated heterocycles. The van der Waals surface area contributed by atoms with Gasteiger partial charge in [0.05, 0.1) is 0 Å². The Morgan fingerprint density at radius 2 is 1.96 bits per heavy atom. The zero-order chi connectivity index (χ0) is 17.6. The Bertz CT molecular complexity index is 835. The fourth-order valence-electron chi connectivity index (χ4n) is 2.82. The Kier molecular flexibility index (Phi) is 5.28. The van der Waals surface area contributed by atoms with Gasteiger partial charge < -0.3 is 14.5 Å². The summed E-state index contributed by atoms with van der Waals surface area (Å²) in [6.07, 6.45) is 6.19. The lowest BCUT2D eigenvalue weighted by molar-refractivity contribution is -0.121. The van der Waals surface area contributed by atoms with Crippen molar-refractivity contribution in [1.29, 1.82) is 0 Å². The number of hydrogen-bond donors (Lipinski definition) is 1. The van der Waals surface area contributed by atoms with Gasteiger partial charge in [-0.05, 0) is 19.4 Å². The highest BCUT2D eigenvalue weighted by atomic mass is 16.1. The number of aromatic nitrogens is 4. The molecular formula is C19H23N5O. The summed E-state index contributed by atoms with van der Waals surface area (Å²) in [5.74, 6) is 1.85. The first-order valence-electron chi connectivity index (χ1n) is 8.43. The number of benzene rings is 1. The van der Waals surface area contributed by atoms with Crippen LogP contribution >= 0.6 is 0 Å². The molecule has 1 N–H and O–H groups in total. The number of hydrogen-bond acceptors (Lipinski definition) is 3. The average Bonchev–Trinajstić information content (AvgIpc) is 3.16. The second-order valence-electron chi connectivity index (χ2n) is 6.08. The Labute approximate surface area is 147 Å². The lowest BCUT2D eigenvalue weighted by Crippen LogP contribution is -2.31. The summed E-state index contributed by atoms with van der Waals surface area (Å²) in [6.45, 7) is 5.51. The summed E-state index contributed by atoms with van der Waals surface area (Å²) in [7, 11) is 0. The molecule has 0 atom stereocenters. The molecule has 0 bridgehead atoms. The van der Waals surface area contributed by atoms with Gasteiger partial charge in [0.2, 0.25) is 5.91 Å². The van der Waals surface area contributed by atoms with Crippen LogP contribution < -0.4 is 5.32 Å². The first-order chi connectivity index (χ1) is 12.1. The van der Waals surface area contributed by atoms with Crippen molar-refractivity contribution < 1.29 is 4.79 Å². The zero-order valence-corrected chi connectivity index (χ0v) is 14.6. The third kappa shape index (κ3) is 4.35. The van der Waals surface area contributed by atoms with E-state index in [-0.39, 0.29) is 5.91 Å². The highest BCUT2D eigenvalue weighted by Gasteiger charge is 2.09. The number of nitrogens with one attached hydrogen (secondary N) is 1. The molecule has 2 heterocycles. The molecule has 0 spiro atoms. The minimum absolute atomic E-state index is 0.0107. The molecule has 130 valence electrons. The number of rotatable bonds is 7. The molecule has 0 fully saturated rings. The molecule has 0 aliphatic heterocycles. The number of nitrogens with zero attached hydrogens (tertiary/aromatic N) is 4. The van der Waals surface area contributed by atoms with Gasteiger partial charge in [0.25, 0.3) is 0 Å². The third-order valence-corrected chi connectivity index (χ3v) is 4.24. The SMILES string of the molecule is Cc1nccn1CC(=O)NCCn1c(C)cnc1Cc1ccccc1. The van der Waals surface area contributed by atoms with Crippen molar-refractivity contribution in [3.63, 3.8) is 0 Å². The largest absolute Gasteiger partial charge is 0.353 e. The van der Waals surface area contributed by atoms with Crippen molar-refractivity contribution in [3.8, 4) is 0 Å². The third-order valence-electron chi connectivity index (χ3n) is 4.24. The van der Waals surface area contributed by atoms with Crippen LogP contribution in [0, 0.1) is 13.8 Å². The van der Waals surface area contributed by atoms with Crippen LogP contribution in [0.2, 0.25) is 0 Å². The first-order valence-corrected chi connectivity index (χ1v) is 8.43. The molecule has 0 unspecified atom stereocenters. The van der Waals surface area contributed by atoms with Gasteiger partial charge in [-0.25, -0.2) is 9.97 Å². The van der Waals surface area contributed by atoms with Gasteiger partial charge >= 0.3 is 0 Å². The first kappa shape index (κ1) is 17.0. The van der Waals surface area contributed by atoms with Crippen LogP contribution in [0.3, 0.4) is 0 Å². The second kappa shape index (κ2) is 7.79. The van der Waals surface area contributed by atoms with Gasteiger partial charge in [-0.3, -0.25) is 4.79 Å². The molecule has 0 saturated carbocycles. The summed E-state index contributed by atoms with van der Waals surface area (Å²) >= 11 is 0. The van der Waals surface area contributed by atoms with Crippen molar-refractivity contribution in [2.75, 3.05) is 6.54 Å². The van der Waals surface area contributed by atoms with E-state index in [0.717, 1.165) is 23.8 Å². The van der Waals surface area contributed by atoms with Crippen molar-refractivity contribution in [3.05, 3.63) is 71.8 Å². The maximum absolute atomic E-state index is 12.1. The topological polar surface area (TPSA) is 64.7 Å². The van der Waals surface area contributed by atoms with Gasteiger partial charge in [0.1, 0.15) is 18.2 Å². The Hall–Kier alpha value is -2.89. The van der Waals surface area contributed by atoms with E-state index in [0.29, 0.717) is 19.6 Å². The fourth-order valence-corrected chi connectivity index (χ4v) is 2.82. The molecule has 1 aromatic carbocycles. The van der Waals surface area contributed by atoms with Crippen LogP contribution in [0.4, 0.5) is 0 Å². The maximum Gasteiger partial charge on any atom is 0.240 e. The summed E-state index contributed by atoms with van der Waals surface area (Å²) in [4.78, 5) is 20.7. The van der Waals surface area contributed by atoms with E-state index >= 15 is 0 Å². The Balaban J connectivity index is 1.55. The molecule has 2 aromatic heterocycles. The molecule has 0 aliphatic rings. The number of aryl methyl sites for hydroxylation is 2. The average molecular weight is 337 g/mol. The van der Waals surface area contributed by atoms with Crippen LogP contribution in [-0.4, -0.2) is 31.6 Å². The normalized spacial score (nSPS) is 10.8. The smallest absolute Gasteiger partial charge is 0.240 e. The Morgan fingerprint density at radius 1 is 1.16 bits per heavy atom. The number of imidazole rings is 2. The highest BCUT2D eigenvalue weighted by molar-refractivity contribution is 5.75. The summed E-state index contributed by atoms with van der Waals surface area (Å²) in [6, 6.07) is 10.3. The van der Waals surface area contributed by atoms with E-state index < -0.39 is 0 Å². The van der Waals surface area contributed by atoms with E-state index in [1.54, 1.807) is 6.20 Å². The van der Waals surface area contributed by atoms with Crippen molar-refractivity contribution in [2.24, 2.45) is 0 Å². The minimum atomic E-state index is -0.0107. The number of amides is 1. The fraction of sp³-hybridized carbons (Fsp3) is 0.316. The molecule has 6 nitrogen and oxygen atoms in total. The minimum Gasteiger partial charge on any atom is -0.353 e. The van der Waals surface area contributed by atoms with Crippen LogP contribution in [0.25, 0.3) is 0 Å². The molecule has 3 rings (SSSR count). The molecular weight excluding hydrogens is 314 g/mol. The van der Waals surface area contributed by atoms with Gasteiger partial charge in [-0.2, -0.15) is 0 Å². The monoisotopic (exact) mass is 337 g/mol. The number of carbonyl (C=O) groups is 1. The van der Waals surface area contributed by atoms with E-state index in [1.165, 1.54) is 5.56 Å². The lowest BCUT2D eigenvalue weighted by Gasteiger charge is -2.12. The van der Waals surface area contributed by atoms with Crippen molar-refractivity contribution in [1.82, 2.24) is 24.4 Å². The zero-order valence-electron chi connectivity index (χ0n) is 14.6. The van der Waals surface area contributed by atoms with Gasteiger partial charge in [0.15, 0.2) is 0 Å². The maximum atomic E-state index is 12.1. The predicted molar refractivity (Wildman–Crippen MR) is 96.2 cm³/mol. The van der Waals surface area contributed by atoms with Crippen LogP contribution in [0.15, 0.2) is 48.9 Å². The second-order valence-corrected chi connectivity index (χ2v) is 6.08. The van der Waals surface area contributed by atoms with Crippen molar-refractivity contribution >= 4 is 5.91 Å². The standard InChI is InChI=1S/C19H23N5O/c1-15-13-22-18(12-17-6-4-3-5-7-17)24(15)11-9-21-19(25)14-23-10-8-20-16(23)2/h3-8,10,13H,9,11-12,14H2,1-2H3,(H,21,25).